The monoisotopic (exact) mass is 248 g/mol. The van der Waals surface area contributed by atoms with Gasteiger partial charge in [-0.05, 0) is 24.6 Å². The Labute approximate surface area is 106 Å². The average Bonchev–Trinajstić information content (AvgIpc) is 2.76. The maximum Gasteiger partial charge on any atom is 0.185 e. The summed E-state index contributed by atoms with van der Waals surface area (Å²) in [6.45, 7) is 2.91. The highest BCUT2D eigenvalue weighted by Gasteiger charge is 2.06. The molecule has 0 saturated carbocycles. The van der Waals surface area contributed by atoms with E-state index in [-0.39, 0.29) is 0 Å². The van der Waals surface area contributed by atoms with Gasteiger partial charge in [-0.25, -0.2) is 4.98 Å². The zero-order valence-electron chi connectivity index (χ0n) is 10.3. The van der Waals surface area contributed by atoms with Gasteiger partial charge in [-0.1, -0.05) is 12.1 Å². The van der Waals surface area contributed by atoms with E-state index in [2.05, 4.69) is 36.0 Å². The van der Waals surface area contributed by atoms with E-state index in [1.807, 2.05) is 18.3 Å². The smallest absolute Gasteiger partial charge is 0.185 e. The van der Waals surface area contributed by atoms with Crippen LogP contribution in [0.25, 0.3) is 0 Å². The number of anilines is 1. The van der Waals surface area contributed by atoms with Crippen molar-refractivity contribution in [2.24, 2.45) is 0 Å². The molecule has 1 heterocycles. The van der Waals surface area contributed by atoms with Crippen LogP contribution in [-0.2, 0) is 6.54 Å². The summed E-state index contributed by atoms with van der Waals surface area (Å²) < 4.78 is 5.21. The second-order valence-electron chi connectivity index (χ2n) is 3.96. The molecule has 2 aromatic rings. The molecule has 0 unspecified atom stereocenters. The molecule has 1 aromatic carbocycles. The zero-order chi connectivity index (χ0) is 12.3. The van der Waals surface area contributed by atoms with Crippen LogP contribution in [0.1, 0.15) is 10.4 Å². The van der Waals surface area contributed by atoms with E-state index in [9.17, 15) is 0 Å². The van der Waals surface area contributed by atoms with Crippen LogP contribution in [0, 0.1) is 6.92 Å². The highest BCUT2D eigenvalue weighted by Crippen LogP contribution is 2.22. The Morgan fingerprint density at radius 3 is 2.88 bits per heavy atom. The molecule has 0 amide bonds. The Balaban J connectivity index is 2.09. The van der Waals surface area contributed by atoms with Crippen LogP contribution in [-0.4, -0.2) is 19.1 Å². The van der Waals surface area contributed by atoms with Gasteiger partial charge < -0.3 is 9.64 Å². The van der Waals surface area contributed by atoms with Crippen molar-refractivity contribution >= 4 is 16.5 Å². The maximum atomic E-state index is 5.21. The van der Waals surface area contributed by atoms with Crippen molar-refractivity contribution in [3.8, 4) is 5.75 Å². The number of nitrogens with zero attached hydrogens (tertiary/aromatic N) is 2. The van der Waals surface area contributed by atoms with Crippen LogP contribution in [0.2, 0.25) is 0 Å². The number of ether oxygens (including phenoxy) is 1. The fourth-order valence-corrected chi connectivity index (χ4v) is 2.35. The second-order valence-corrected chi connectivity index (χ2v) is 5.17. The first-order chi connectivity index (χ1) is 8.19. The highest BCUT2D eigenvalue weighted by atomic mass is 32.1. The van der Waals surface area contributed by atoms with E-state index >= 15 is 0 Å². The fraction of sp³-hybridized carbons (Fsp3) is 0.308. The van der Waals surface area contributed by atoms with Crippen LogP contribution in [0.5, 0.6) is 5.75 Å². The number of hydrogen-bond donors (Lipinski definition) is 0. The minimum Gasteiger partial charge on any atom is -0.497 e. The number of rotatable bonds is 4. The summed E-state index contributed by atoms with van der Waals surface area (Å²) >= 11 is 1.71. The van der Waals surface area contributed by atoms with Crippen molar-refractivity contribution in [2.45, 2.75) is 13.5 Å². The normalized spacial score (nSPS) is 10.3. The van der Waals surface area contributed by atoms with Gasteiger partial charge in [0.25, 0.3) is 0 Å². The molecular weight excluding hydrogens is 232 g/mol. The maximum absolute atomic E-state index is 5.21. The Bertz CT molecular complexity index is 496. The molecule has 0 spiro atoms. The van der Waals surface area contributed by atoms with E-state index < -0.39 is 0 Å². The lowest BCUT2D eigenvalue weighted by molar-refractivity contribution is 0.414. The lowest BCUT2D eigenvalue weighted by Crippen LogP contribution is -2.15. The molecule has 2 rings (SSSR count). The first-order valence-electron chi connectivity index (χ1n) is 5.45. The Morgan fingerprint density at radius 1 is 1.41 bits per heavy atom. The van der Waals surface area contributed by atoms with Gasteiger partial charge in [0.05, 0.1) is 7.11 Å². The lowest BCUT2D eigenvalue weighted by Gasteiger charge is -2.16. The highest BCUT2D eigenvalue weighted by molar-refractivity contribution is 7.15. The number of hydrogen-bond acceptors (Lipinski definition) is 4. The molecule has 4 heteroatoms. The van der Waals surface area contributed by atoms with Gasteiger partial charge in [0.15, 0.2) is 5.13 Å². The summed E-state index contributed by atoms with van der Waals surface area (Å²) in [6, 6.07) is 8.11. The van der Waals surface area contributed by atoms with Gasteiger partial charge in [-0.2, -0.15) is 0 Å². The van der Waals surface area contributed by atoms with Crippen molar-refractivity contribution in [3.63, 3.8) is 0 Å². The summed E-state index contributed by atoms with van der Waals surface area (Å²) in [5.41, 5.74) is 1.22. The van der Waals surface area contributed by atoms with E-state index in [0.717, 1.165) is 17.4 Å². The molecule has 0 bridgehead atoms. The molecule has 1 aromatic heterocycles. The third-order valence-corrected chi connectivity index (χ3v) is 3.52. The van der Waals surface area contributed by atoms with Gasteiger partial charge in [0, 0.05) is 24.7 Å². The van der Waals surface area contributed by atoms with Crippen molar-refractivity contribution in [2.75, 3.05) is 19.1 Å². The molecule has 0 aliphatic carbocycles. The van der Waals surface area contributed by atoms with Gasteiger partial charge in [-0.15, -0.1) is 11.3 Å². The van der Waals surface area contributed by atoms with Gasteiger partial charge in [0.2, 0.25) is 0 Å². The minimum absolute atomic E-state index is 0.837. The standard InChI is InChI=1S/C13H16N2OS/c1-10-8-14-13(17-10)15(2)9-11-5-4-6-12(7-11)16-3/h4-8H,9H2,1-3H3. The lowest BCUT2D eigenvalue weighted by atomic mass is 10.2. The first-order valence-corrected chi connectivity index (χ1v) is 6.27. The van der Waals surface area contributed by atoms with Crippen molar-refractivity contribution in [1.82, 2.24) is 4.98 Å². The third kappa shape index (κ3) is 2.97. The SMILES string of the molecule is COc1cccc(CN(C)c2ncc(C)s2)c1. The van der Waals surface area contributed by atoms with Crippen molar-refractivity contribution < 1.29 is 4.74 Å². The molecule has 0 fully saturated rings. The number of thiazole rings is 1. The largest absolute Gasteiger partial charge is 0.497 e. The molecular formula is C13H16N2OS. The third-order valence-electron chi connectivity index (χ3n) is 2.49. The minimum atomic E-state index is 0.837. The van der Waals surface area contributed by atoms with Crippen LogP contribution in [0.15, 0.2) is 30.5 Å². The number of aryl methyl sites for hydroxylation is 1. The number of benzene rings is 1. The van der Waals surface area contributed by atoms with E-state index in [1.54, 1.807) is 18.4 Å². The summed E-state index contributed by atoms with van der Waals surface area (Å²) in [6.07, 6.45) is 1.90. The van der Waals surface area contributed by atoms with Crippen LogP contribution in [0.4, 0.5) is 5.13 Å². The second kappa shape index (κ2) is 5.19. The van der Waals surface area contributed by atoms with Gasteiger partial charge in [-0.3, -0.25) is 0 Å². The molecule has 17 heavy (non-hydrogen) atoms. The molecule has 3 nitrogen and oxygen atoms in total. The Hall–Kier alpha value is -1.55. The summed E-state index contributed by atoms with van der Waals surface area (Å²) in [4.78, 5) is 7.75. The molecule has 0 aliphatic rings. The van der Waals surface area contributed by atoms with Gasteiger partial charge >= 0.3 is 0 Å². The van der Waals surface area contributed by atoms with Crippen LogP contribution < -0.4 is 9.64 Å². The quantitative estimate of drug-likeness (QED) is 0.831. The Kier molecular flexibility index (Phi) is 3.64. The van der Waals surface area contributed by atoms with Crippen molar-refractivity contribution in [1.29, 1.82) is 0 Å². The van der Waals surface area contributed by atoms with E-state index in [0.29, 0.717) is 0 Å². The summed E-state index contributed by atoms with van der Waals surface area (Å²) in [5, 5.41) is 1.05. The predicted molar refractivity (Wildman–Crippen MR) is 72.0 cm³/mol. The zero-order valence-corrected chi connectivity index (χ0v) is 11.1. The molecule has 0 atom stereocenters. The molecule has 0 saturated heterocycles. The summed E-state index contributed by atoms with van der Waals surface area (Å²) in [7, 11) is 3.74. The van der Waals surface area contributed by atoms with Crippen molar-refractivity contribution in [3.05, 3.63) is 40.9 Å². The first kappa shape index (κ1) is 11.9. The van der Waals surface area contributed by atoms with Crippen LogP contribution >= 0.6 is 11.3 Å². The topological polar surface area (TPSA) is 25.4 Å². The predicted octanol–water partition coefficient (Wildman–Crippen LogP) is 3.10. The van der Waals surface area contributed by atoms with Gasteiger partial charge in [0.1, 0.15) is 5.75 Å². The van der Waals surface area contributed by atoms with Crippen LogP contribution in [0.3, 0.4) is 0 Å². The van der Waals surface area contributed by atoms with E-state index in [4.69, 9.17) is 4.74 Å². The number of aromatic nitrogens is 1. The molecule has 0 aliphatic heterocycles. The average molecular weight is 248 g/mol. The summed E-state index contributed by atoms with van der Waals surface area (Å²) in [5.74, 6) is 0.895. The number of methoxy groups -OCH3 is 1. The molecule has 0 radical (unpaired) electrons. The molecule has 0 N–H and O–H groups in total. The van der Waals surface area contributed by atoms with E-state index in [1.165, 1.54) is 10.4 Å². The molecule has 90 valence electrons. The fourth-order valence-electron chi connectivity index (χ4n) is 1.63. The Morgan fingerprint density at radius 2 is 2.24 bits per heavy atom.